The monoisotopic (exact) mass is 319 g/mol. The number of rotatable bonds is 7. The molecule has 0 aliphatic carbocycles. The molecule has 0 bridgehead atoms. The Morgan fingerprint density at radius 2 is 1.74 bits per heavy atom. The van der Waals surface area contributed by atoms with E-state index in [-0.39, 0.29) is 0 Å². The predicted molar refractivity (Wildman–Crippen MR) is 95.0 cm³/mol. The van der Waals surface area contributed by atoms with Gasteiger partial charge in [0.2, 0.25) is 5.95 Å². The van der Waals surface area contributed by atoms with Crippen molar-refractivity contribution < 1.29 is 0 Å². The SMILES string of the molecule is CCNC(=NCCCN1CCN(c2ncccn2)CC1)NCC. The normalized spacial score (nSPS) is 15.3. The van der Waals surface area contributed by atoms with Gasteiger partial charge in [-0.2, -0.15) is 0 Å². The lowest BCUT2D eigenvalue weighted by molar-refractivity contribution is 0.255. The van der Waals surface area contributed by atoms with Crippen LogP contribution in [0, 0.1) is 0 Å². The van der Waals surface area contributed by atoms with E-state index in [4.69, 9.17) is 0 Å². The summed E-state index contributed by atoms with van der Waals surface area (Å²) in [5.74, 6) is 1.76. The average Bonchev–Trinajstić information content (AvgIpc) is 2.60. The van der Waals surface area contributed by atoms with Gasteiger partial charge in [0.1, 0.15) is 0 Å². The second-order valence-corrected chi connectivity index (χ2v) is 5.52. The Morgan fingerprint density at radius 1 is 1.09 bits per heavy atom. The van der Waals surface area contributed by atoms with Gasteiger partial charge in [0.05, 0.1) is 0 Å². The molecule has 7 heteroatoms. The summed E-state index contributed by atoms with van der Waals surface area (Å²) < 4.78 is 0. The summed E-state index contributed by atoms with van der Waals surface area (Å²) in [6.07, 6.45) is 4.69. The Kier molecular flexibility index (Phi) is 7.59. The van der Waals surface area contributed by atoms with Gasteiger partial charge < -0.3 is 15.5 Å². The van der Waals surface area contributed by atoms with Crippen LogP contribution in [-0.4, -0.2) is 73.2 Å². The first-order valence-electron chi connectivity index (χ1n) is 8.60. The molecule has 1 aliphatic rings. The van der Waals surface area contributed by atoms with Gasteiger partial charge in [-0.25, -0.2) is 9.97 Å². The molecular formula is C16H29N7. The van der Waals surface area contributed by atoms with E-state index in [0.29, 0.717) is 0 Å². The molecule has 7 nitrogen and oxygen atoms in total. The largest absolute Gasteiger partial charge is 0.357 e. The highest BCUT2D eigenvalue weighted by molar-refractivity contribution is 5.79. The number of nitrogens with one attached hydrogen (secondary N) is 2. The zero-order valence-electron chi connectivity index (χ0n) is 14.3. The minimum atomic E-state index is 0.845. The lowest BCUT2D eigenvalue weighted by Crippen LogP contribution is -2.47. The molecule has 0 atom stereocenters. The van der Waals surface area contributed by atoms with E-state index < -0.39 is 0 Å². The molecule has 1 fully saturated rings. The van der Waals surface area contributed by atoms with Crippen LogP contribution in [0.4, 0.5) is 5.95 Å². The van der Waals surface area contributed by atoms with Crippen LogP contribution in [0.15, 0.2) is 23.5 Å². The third-order valence-corrected chi connectivity index (χ3v) is 3.80. The first-order valence-corrected chi connectivity index (χ1v) is 8.60. The maximum absolute atomic E-state index is 4.59. The van der Waals surface area contributed by atoms with Crippen molar-refractivity contribution in [1.82, 2.24) is 25.5 Å². The van der Waals surface area contributed by atoms with E-state index in [0.717, 1.165) is 70.7 Å². The van der Waals surface area contributed by atoms with Crippen molar-refractivity contribution in [3.63, 3.8) is 0 Å². The van der Waals surface area contributed by atoms with Crippen molar-refractivity contribution in [2.75, 3.05) is 57.3 Å². The molecule has 128 valence electrons. The quantitative estimate of drug-likeness (QED) is 0.435. The first kappa shape index (κ1) is 17.5. The Labute approximate surface area is 139 Å². The van der Waals surface area contributed by atoms with Crippen molar-refractivity contribution >= 4 is 11.9 Å². The molecule has 2 rings (SSSR count). The van der Waals surface area contributed by atoms with Crippen molar-refractivity contribution in [2.24, 2.45) is 4.99 Å². The van der Waals surface area contributed by atoms with Crippen LogP contribution >= 0.6 is 0 Å². The molecule has 2 N–H and O–H groups in total. The van der Waals surface area contributed by atoms with Crippen molar-refractivity contribution in [2.45, 2.75) is 20.3 Å². The number of nitrogens with zero attached hydrogens (tertiary/aromatic N) is 5. The van der Waals surface area contributed by atoms with Gasteiger partial charge >= 0.3 is 0 Å². The summed E-state index contributed by atoms with van der Waals surface area (Å²) in [5, 5.41) is 6.50. The fraction of sp³-hybridized carbons (Fsp3) is 0.688. The van der Waals surface area contributed by atoms with Crippen LogP contribution < -0.4 is 15.5 Å². The van der Waals surface area contributed by atoms with E-state index in [1.54, 1.807) is 12.4 Å². The fourth-order valence-corrected chi connectivity index (χ4v) is 2.62. The highest BCUT2D eigenvalue weighted by Crippen LogP contribution is 2.09. The number of guanidine groups is 1. The molecule has 1 aromatic heterocycles. The minimum absolute atomic E-state index is 0.845. The van der Waals surface area contributed by atoms with E-state index in [1.165, 1.54) is 0 Å². The number of hydrogen-bond acceptors (Lipinski definition) is 5. The molecule has 0 aromatic carbocycles. The summed E-state index contributed by atoms with van der Waals surface area (Å²) >= 11 is 0. The maximum atomic E-state index is 4.59. The van der Waals surface area contributed by atoms with Gasteiger partial charge in [-0.15, -0.1) is 0 Å². The van der Waals surface area contributed by atoms with Gasteiger partial charge in [-0.3, -0.25) is 9.89 Å². The van der Waals surface area contributed by atoms with Crippen LogP contribution in [0.5, 0.6) is 0 Å². The summed E-state index contributed by atoms with van der Waals surface area (Å²) in [5.41, 5.74) is 0. The highest BCUT2D eigenvalue weighted by Gasteiger charge is 2.17. The molecule has 0 saturated carbocycles. The third-order valence-electron chi connectivity index (χ3n) is 3.80. The fourth-order valence-electron chi connectivity index (χ4n) is 2.62. The van der Waals surface area contributed by atoms with Crippen molar-refractivity contribution in [3.05, 3.63) is 18.5 Å². The van der Waals surface area contributed by atoms with E-state index in [2.05, 4.69) is 49.2 Å². The van der Waals surface area contributed by atoms with Gasteiger partial charge in [0.15, 0.2) is 5.96 Å². The Morgan fingerprint density at radius 3 is 2.35 bits per heavy atom. The molecule has 1 aromatic rings. The van der Waals surface area contributed by atoms with Crippen LogP contribution in [0.1, 0.15) is 20.3 Å². The topological polar surface area (TPSA) is 68.7 Å². The standard InChI is InChI=1S/C16H29N7/c1-3-17-15(18-4-2)19-9-6-10-22-11-13-23(14-12-22)16-20-7-5-8-21-16/h5,7-8H,3-4,6,9-14H2,1-2H3,(H2,17,18,19). The zero-order valence-corrected chi connectivity index (χ0v) is 14.3. The number of hydrogen-bond donors (Lipinski definition) is 2. The predicted octanol–water partition coefficient (Wildman–Crippen LogP) is 0.564. The summed E-state index contributed by atoms with van der Waals surface area (Å²) in [4.78, 5) is 18.0. The molecular weight excluding hydrogens is 290 g/mol. The zero-order chi connectivity index (χ0) is 16.3. The van der Waals surface area contributed by atoms with Gasteiger partial charge in [-0.05, 0) is 26.3 Å². The van der Waals surface area contributed by atoms with Crippen LogP contribution in [0.25, 0.3) is 0 Å². The van der Waals surface area contributed by atoms with Crippen LogP contribution in [0.3, 0.4) is 0 Å². The second kappa shape index (κ2) is 9.99. The Hall–Kier alpha value is -1.89. The van der Waals surface area contributed by atoms with Crippen molar-refractivity contribution in [3.8, 4) is 0 Å². The van der Waals surface area contributed by atoms with E-state index in [9.17, 15) is 0 Å². The number of aromatic nitrogens is 2. The number of aliphatic imine (C=N–C) groups is 1. The van der Waals surface area contributed by atoms with Gasteiger partial charge in [0, 0.05) is 64.8 Å². The van der Waals surface area contributed by atoms with Crippen molar-refractivity contribution in [1.29, 1.82) is 0 Å². The Balaban J connectivity index is 1.66. The van der Waals surface area contributed by atoms with Gasteiger partial charge in [0.25, 0.3) is 0 Å². The van der Waals surface area contributed by atoms with Gasteiger partial charge in [-0.1, -0.05) is 0 Å². The minimum Gasteiger partial charge on any atom is -0.357 e. The highest BCUT2D eigenvalue weighted by atomic mass is 15.3. The molecule has 0 spiro atoms. The second-order valence-electron chi connectivity index (χ2n) is 5.52. The molecule has 0 amide bonds. The summed E-state index contributed by atoms with van der Waals surface area (Å²) in [6.45, 7) is 12.0. The van der Waals surface area contributed by atoms with E-state index in [1.807, 2.05) is 6.07 Å². The molecule has 1 saturated heterocycles. The lowest BCUT2D eigenvalue weighted by Gasteiger charge is -2.34. The Bertz CT molecular complexity index is 447. The average molecular weight is 319 g/mol. The number of anilines is 1. The molecule has 1 aliphatic heterocycles. The van der Waals surface area contributed by atoms with E-state index >= 15 is 0 Å². The summed E-state index contributed by atoms with van der Waals surface area (Å²) in [7, 11) is 0. The van der Waals surface area contributed by atoms with Crippen LogP contribution in [0.2, 0.25) is 0 Å². The molecule has 2 heterocycles. The number of piperazine rings is 1. The smallest absolute Gasteiger partial charge is 0.225 e. The summed E-state index contributed by atoms with van der Waals surface area (Å²) in [6, 6.07) is 1.86. The first-order chi connectivity index (χ1) is 11.3. The maximum Gasteiger partial charge on any atom is 0.225 e. The molecule has 23 heavy (non-hydrogen) atoms. The lowest BCUT2D eigenvalue weighted by atomic mass is 10.3. The third kappa shape index (κ3) is 6.02. The molecule has 0 radical (unpaired) electrons. The molecule has 0 unspecified atom stereocenters. The van der Waals surface area contributed by atoms with Crippen LogP contribution in [-0.2, 0) is 0 Å².